The van der Waals surface area contributed by atoms with Gasteiger partial charge in [-0.2, -0.15) is 0 Å². The maximum atomic E-state index is 5.61. The Balaban J connectivity index is 2.08. The SMILES string of the molecule is CCNC(C)c1nnc(Nc2cccc(C(C)C)c2)o1. The van der Waals surface area contributed by atoms with Gasteiger partial charge in [0.15, 0.2) is 0 Å². The van der Waals surface area contributed by atoms with E-state index in [-0.39, 0.29) is 6.04 Å². The van der Waals surface area contributed by atoms with Crippen molar-refractivity contribution in [3.8, 4) is 0 Å². The van der Waals surface area contributed by atoms with Gasteiger partial charge in [0.25, 0.3) is 0 Å². The molecule has 1 unspecified atom stereocenters. The van der Waals surface area contributed by atoms with Crippen molar-refractivity contribution in [2.75, 3.05) is 11.9 Å². The number of aromatic nitrogens is 2. The molecule has 2 rings (SSSR count). The van der Waals surface area contributed by atoms with E-state index in [1.807, 2.05) is 26.0 Å². The summed E-state index contributed by atoms with van der Waals surface area (Å²) in [7, 11) is 0. The molecule has 0 saturated heterocycles. The van der Waals surface area contributed by atoms with Crippen LogP contribution in [0.25, 0.3) is 0 Å². The summed E-state index contributed by atoms with van der Waals surface area (Å²) in [6.07, 6.45) is 0. The first-order chi connectivity index (χ1) is 9.60. The zero-order chi connectivity index (χ0) is 14.5. The van der Waals surface area contributed by atoms with Crippen LogP contribution in [0.1, 0.15) is 51.1 Å². The second kappa shape index (κ2) is 6.52. The van der Waals surface area contributed by atoms with E-state index in [0.29, 0.717) is 17.8 Å². The summed E-state index contributed by atoms with van der Waals surface area (Å²) in [6, 6.07) is 8.71. The Morgan fingerprint density at radius 2 is 2.00 bits per heavy atom. The molecule has 0 aliphatic heterocycles. The number of anilines is 2. The third-order valence-corrected chi connectivity index (χ3v) is 3.13. The molecule has 0 spiro atoms. The monoisotopic (exact) mass is 274 g/mol. The van der Waals surface area contributed by atoms with Gasteiger partial charge in [-0.25, -0.2) is 0 Å². The topological polar surface area (TPSA) is 63.0 Å². The van der Waals surface area contributed by atoms with Crippen molar-refractivity contribution in [3.63, 3.8) is 0 Å². The second-order valence-corrected chi connectivity index (χ2v) is 5.13. The molecule has 2 N–H and O–H groups in total. The Labute approximate surface area is 119 Å². The summed E-state index contributed by atoms with van der Waals surface area (Å²) in [5.74, 6) is 1.08. The Kier molecular flexibility index (Phi) is 4.74. The molecular weight excluding hydrogens is 252 g/mol. The molecule has 108 valence electrons. The molecular formula is C15H22N4O. The lowest BCUT2D eigenvalue weighted by atomic mass is 10.0. The average Bonchev–Trinajstić information content (AvgIpc) is 2.88. The van der Waals surface area contributed by atoms with Crippen molar-refractivity contribution >= 4 is 11.7 Å². The fourth-order valence-electron chi connectivity index (χ4n) is 1.95. The highest BCUT2D eigenvalue weighted by molar-refractivity contribution is 5.53. The quantitative estimate of drug-likeness (QED) is 0.842. The minimum absolute atomic E-state index is 0.0602. The molecule has 1 aromatic carbocycles. The van der Waals surface area contributed by atoms with Gasteiger partial charge in [-0.3, -0.25) is 0 Å². The number of benzene rings is 1. The van der Waals surface area contributed by atoms with E-state index in [2.05, 4.69) is 46.8 Å². The minimum Gasteiger partial charge on any atom is -0.406 e. The van der Waals surface area contributed by atoms with Crippen LogP contribution in [0.2, 0.25) is 0 Å². The Bertz CT molecular complexity index is 550. The smallest absolute Gasteiger partial charge is 0.320 e. The highest BCUT2D eigenvalue weighted by Gasteiger charge is 2.12. The van der Waals surface area contributed by atoms with Crippen molar-refractivity contribution in [2.45, 2.75) is 39.7 Å². The van der Waals surface area contributed by atoms with Crippen LogP contribution >= 0.6 is 0 Å². The van der Waals surface area contributed by atoms with Gasteiger partial charge >= 0.3 is 6.01 Å². The van der Waals surface area contributed by atoms with Crippen molar-refractivity contribution in [3.05, 3.63) is 35.7 Å². The van der Waals surface area contributed by atoms with Crippen LogP contribution in [-0.4, -0.2) is 16.7 Å². The lowest BCUT2D eigenvalue weighted by molar-refractivity contribution is 0.430. The molecule has 20 heavy (non-hydrogen) atoms. The number of hydrogen-bond acceptors (Lipinski definition) is 5. The third-order valence-electron chi connectivity index (χ3n) is 3.13. The molecule has 0 amide bonds. The molecule has 0 aliphatic carbocycles. The van der Waals surface area contributed by atoms with E-state index in [4.69, 9.17) is 4.42 Å². The largest absolute Gasteiger partial charge is 0.406 e. The Morgan fingerprint density at radius 3 is 2.70 bits per heavy atom. The van der Waals surface area contributed by atoms with Crippen LogP contribution in [0.4, 0.5) is 11.7 Å². The van der Waals surface area contributed by atoms with Gasteiger partial charge in [0.2, 0.25) is 5.89 Å². The average molecular weight is 274 g/mol. The van der Waals surface area contributed by atoms with E-state index >= 15 is 0 Å². The highest BCUT2D eigenvalue weighted by atomic mass is 16.4. The van der Waals surface area contributed by atoms with Crippen LogP contribution in [0.5, 0.6) is 0 Å². The highest BCUT2D eigenvalue weighted by Crippen LogP contribution is 2.22. The molecule has 5 heteroatoms. The molecule has 0 fully saturated rings. The van der Waals surface area contributed by atoms with E-state index in [0.717, 1.165) is 12.2 Å². The molecule has 2 aromatic rings. The van der Waals surface area contributed by atoms with E-state index in [1.54, 1.807) is 0 Å². The fraction of sp³-hybridized carbons (Fsp3) is 0.467. The van der Waals surface area contributed by atoms with E-state index in [9.17, 15) is 0 Å². The van der Waals surface area contributed by atoms with Crippen molar-refractivity contribution in [1.29, 1.82) is 0 Å². The zero-order valence-corrected chi connectivity index (χ0v) is 12.5. The number of rotatable bonds is 6. The Hall–Kier alpha value is -1.88. The first-order valence-electron chi connectivity index (χ1n) is 7.04. The Morgan fingerprint density at radius 1 is 1.20 bits per heavy atom. The molecule has 1 atom stereocenters. The van der Waals surface area contributed by atoms with E-state index < -0.39 is 0 Å². The number of nitrogens with one attached hydrogen (secondary N) is 2. The van der Waals surface area contributed by atoms with Crippen LogP contribution < -0.4 is 10.6 Å². The maximum Gasteiger partial charge on any atom is 0.320 e. The molecule has 0 radical (unpaired) electrons. The summed E-state index contributed by atoms with van der Waals surface area (Å²) < 4.78 is 5.61. The number of hydrogen-bond donors (Lipinski definition) is 2. The maximum absolute atomic E-state index is 5.61. The van der Waals surface area contributed by atoms with Crippen LogP contribution in [0, 0.1) is 0 Å². The summed E-state index contributed by atoms with van der Waals surface area (Å²) in [6.45, 7) is 9.25. The molecule has 0 bridgehead atoms. The van der Waals surface area contributed by atoms with Crippen molar-refractivity contribution in [1.82, 2.24) is 15.5 Å². The second-order valence-electron chi connectivity index (χ2n) is 5.13. The molecule has 1 aromatic heterocycles. The summed E-state index contributed by atoms with van der Waals surface area (Å²) in [4.78, 5) is 0. The van der Waals surface area contributed by atoms with Crippen LogP contribution in [0.15, 0.2) is 28.7 Å². The molecule has 5 nitrogen and oxygen atoms in total. The predicted octanol–water partition coefficient (Wildman–Crippen LogP) is 3.61. The van der Waals surface area contributed by atoms with Crippen molar-refractivity contribution in [2.24, 2.45) is 0 Å². The lowest BCUT2D eigenvalue weighted by Gasteiger charge is -2.08. The standard InChI is InChI=1S/C15H22N4O/c1-5-16-11(4)14-18-19-15(20-14)17-13-8-6-7-12(9-13)10(2)3/h6-11,16H,5H2,1-4H3,(H,17,19). The van der Waals surface area contributed by atoms with Gasteiger partial charge in [0, 0.05) is 5.69 Å². The van der Waals surface area contributed by atoms with Gasteiger partial charge in [-0.15, -0.1) is 5.10 Å². The normalized spacial score (nSPS) is 12.7. The summed E-state index contributed by atoms with van der Waals surface area (Å²) in [5.41, 5.74) is 2.23. The van der Waals surface area contributed by atoms with Crippen LogP contribution in [-0.2, 0) is 0 Å². The molecule has 0 aliphatic rings. The minimum atomic E-state index is 0.0602. The number of nitrogens with zero attached hydrogens (tertiary/aromatic N) is 2. The van der Waals surface area contributed by atoms with Gasteiger partial charge in [-0.05, 0) is 37.1 Å². The molecule has 0 saturated carbocycles. The molecule has 1 heterocycles. The predicted molar refractivity (Wildman–Crippen MR) is 80.2 cm³/mol. The van der Waals surface area contributed by atoms with Crippen molar-refractivity contribution < 1.29 is 4.42 Å². The first kappa shape index (κ1) is 14.5. The van der Waals surface area contributed by atoms with Gasteiger partial charge in [0.1, 0.15) is 0 Å². The first-order valence-corrected chi connectivity index (χ1v) is 7.04. The van der Waals surface area contributed by atoms with E-state index in [1.165, 1.54) is 5.56 Å². The summed E-state index contributed by atoms with van der Waals surface area (Å²) >= 11 is 0. The lowest BCUT2D eigenvalue weighted by Crippen LogP contribution is -2.17. The van der Waals surface area contributed by atoms with Gasteiger partial charge in [-0.1, -0.05) is 38.0 Å². The summed E-state index contributed by atoms with van der Waals surface area (Å²) in [5, 5.41) is 14.5. The third kappa shape index (κ3) is 3.57. The van der Waals surface area contributed by atoms with Crippen LogP contribution in [0.3, 0.4) is 0 Å². The van der Waals surface area contributed by atoms with Gasteiger partial charge < -0.3 is 15.1 Å². The van der Waals surface area contributed by atoms with Gasteiger partial charge in [0.05, 0.1) is 6.04 Å². The fourth-order valence-corrected chi connectivity index (χ4v) is 1.95. The zero-order valence-electron chi connectivity index (χ0n) is 12.5.